The van der Waals surface area contributed by atoms with Gasteiger partial charge in [-0.05, 0) is 23.8 Å². The first-order chi connectivity index (χ1) is 10.3. The van der Waals surface area contributed by atoms with Gasteiger partial charge in [-0.2, -0.15) is 0 Å². The van der Waals surface area contributed by atoms with E-state index in [4.69, 9.17) is 11.6 Å². The minimum atomic E-state index is -3.94. The highest BCUT2D eigenvalue weighted by Crippen LogP contribution is 2.42. The highest BCUT2D eigenvalue weighted by molar-refractivity contribution is 7.93. The third kappa shape index (κ3) is 2.10. The Balaban J connectivity index is 2.20. The van der Waals surface area contributed by atoms with Crippen LogP contribution in [0.5, 0.6) is 0 Å². The summed E-state index contributed by atoms with van der Waals surface area (Å²) in [4.78, 5) is 22.5. The molecular formula is C14H8ClNO5S. The van der Waals surface area contributed by atoms with E-state index < -0.39 is 25.8 Å². The molecule has 8 heteroatoms. The number of benzene rings is 2. The fourth-order valence-corrected chi connectivity index (χ4v) is 4.55. The number of Topliss-reactive ketones (excluding diaryl/α,β-unsaturated/α-hetero) is 1. The lowest BCUT2D eigenvalue weighted by atomic mass is 10.0. The molecule has 2 aromatic rings. The van der Waals surface area contributed by atoms with Gasteiger partial charge in [-0.1, -0.05) is 23.7 Å². The number of fused-ring (bicyclic) bond motifs is 1. The first-order valence-electron chi connectivity index (χ1n) is 6.14. The predicted molar refractivity (Wildman–Crippen MR) is 78.8 cm³/mol. The molecule has 0 saturated carbocycles. The van der Waals surface area contributed by atoms with Crippen molar-refractivity contribution in [1.29, 1.82) is 0 Å². The van der Waals surface area contributed by atoms with Crippen molar-refractivity contribution in [2.45, 2.75) is 10.1 Å². The van der Waals surface area contributed by atoms with Gasteiger partial charge in [0.2, 0.25) is 0 Å². The molecule has 0 amide bonds. The molecular weight excluding hydrogens is 330 g/mol. The molecule has 1 heterocycles. The number of carbonyl (C=O) groups is 1. The van der Waals surface area contributed by atoms with Crippen LogP contribution >= 0.6 is 11.6 Å². The number of nitro groups is 1. The van der Waals surface area contributed by atoms with Crippen molar-refractivity contribution in [1.82, 2.24) is 0 Å². The zero-order valence-electron chi connectivity index (χ0n) is 10.9. The Labute approximate surface area is 130 Å². The van der Waals surface area contributed by atoms with Crippen LogP contribution in [0, 0.1) is 10.1 Å². The highest BCUT2D eigenvalue weighted by Gasteiger charge is 2.45. The minimum Gasteiger partial charge on any atom is -0.292 e. The van der Waals surface area contributed by atoms with Gasteiger partial charge in [0.1, 0.15) is 0 Å². The number of hydrogen-bond donors (Lipinski definition) is 0. The van der Waals surface area contributed by atoms with Crippen LogP contribution in [0.1, 0.15) is 21.2 Å². The lowest BCUT2D eigenvalue weighted by molar-refractivity contribution is -0.384. The van der Waals surface area contributed by atoms with Crippen LogP contribution in [0.25, 0.3) is 0 Å². The third-order valence-corrected chi connectivity index (χ3v) is 5.76. The summed E-state index contributed by atoms with van der Waals surface area (Å²) in [6.07, 6.45) is 0. The second-order valence-electron chi connectivity index (χ2n) is 4.78. The van der Waals surface area contributed by atoms with Gasteiger partial charge in [-0.15, -0.1) is 0 Å². The molecule has 0 aromatic heterocycles. The van der Waals surface area contributed by atoms with Gasteiger partial charge in [-0.25, -0.2) is 8.42 Å². The van der Waals surface area contributed by atoms with Crippen LogP contribution in [0.3, 0.4) is 0 Å². The van der Waals surface area contributed by atoms with Gasteiger partial charge in [-0.3, -0.25) is 14.9 Å². The van der Waals surface area contributed by atoms with Crippen molar-refractivity contribution in [3.63, 3.8) is 0 Å². The van der Waals surface area contributed by atoms with Crippen LogP contribution in [-0.4, -0.2) is 19.1 Å². The van der Waals surface area contributed by atoms with Crippen LogP contribution in [-0.2, 0) is 9.84 Å². The lowest BCUT2D eigenvalue weighted by Gasteiger charge is -2.08. The number of nitrogens with zero attached hydrogens (tertiary/aromatic N) is 1. The lowest BCUT2D eigenvalue weighted by Crippen LogP contribution is -2.13. The largest absolute Gasteiger partial charge is 0.292 e. The van der Waals surface area contributed by atoms with Crippen LogP contribution in [0.2, 0.25) is 5.02 Å². The number of non-ortho nitro benzene ring substituents is 1. The van der Waals surface area contributed by atoms with Crippen LogP contribution < -0.4 is 0 Å². The smallest absolute Gasteiger partial charge is 0.269 e. The molecule has 1 aliphatic rings. The van der Waals surface area contributed by atoms with Crippen LogP contribution in [0.4, 0.5) is 5.69 Å². The summed E-state index contributed by atoms with van der Waals surface area (Å²) < 4.78 is 25.1. The van der Waals surface area contributed by atoms with Crippen molar-refractivity contribution in [2.24, 2.45) is 0 Å². The maximum Gasteiger partial charge on any atom is 0.269 e. The Kier molecular flexibility index (Phi) is 3.26. The summed E-state index contributed by atoms with van der Waals surface area (Å²) in [5.74, 6) is -0.627. The number of nitro benzene ring substituents is 1. The Morgan fingerprint density at radius 3 is 2.55 bits per heavy atom. The van der Waals surface area contributed by atoms with E-state index in [1.165, 1.54) is 36.4 Å². The van der Waals surface area contributed by atoms with Crippen LogP contribution in [0.15, 0.2) is 47.4 Å². The minimum absolute atomic E-state index is 0.0176. The standard InChI is InChI=1S/C14H8ClNO5S/c15-9-4-5-12-11(7-9)13(17)14(22(12,20)21)8-2-1-3-10(6-8)16(18)19/h1-7,14H/t14-/m0/s1. The molecule has 0 bridgehead atoms. The van der Waals surface area contributed by atoms with Gasteiger partial charge in [0.15, 0.2) is 20.9 Å². The molecule has 0 unspecified atom stereocenters. The molecule has 3 rings (SSSR count). The molecule has 0 fully saturated rings. The van der Waals surface area contributed by atoms with Gasteiger partial charge in [0, 0.05) is 22.7 Å². The summed E-state index contributed by atoms with van der Waals surface area (Å²) in [6, 6.07) is 9.05. The Hall–Kier alpha value is -2.25. The summed E-state index contributed by atoms with van der Waals surface area (Å²) in [5.41, 5.74) is -0.176. The average molecular weight is 338 g/mol. The number of rotatable bonds is 2. The summed E-state index contributed by atoms with van der Waals surface area (Å²) in [7, 11) is -3.94. The molecule has 0 saturated heterocycles. The number of ketones is 1. The molecule has 6 nitrogen and oxygen atoms in total. The number of sulfone groups is 1. The number of hydrogen-bond acceptors (Lipinski definition) is 5. The fourth-order valence-electron chi connectivity index (χ4n) is 2.48. The van der Waals surface area contributed by atoms with Gasteiger partial charge in [0.25, 0.3) is 5.69 Å². The van der Waals surface area contributed by atoms with Gasteiger partial charge in [0.05, 0.1) is 9.82 Å². The highest BCUT2D eigenvalue weighted by atomic mass is 35.5. The quantitative estimate of drug-likeness (QED) is 0.620. The molecule has 1 atom stereocenters. The number of carbonyl (C=O) groups excluding carboxylic acids is 1. The third-order valence-electron chi connectivity index (χ3n) is 3.45. The maximum absolute atomic E-state index is 12.6. The Bertz CT molecular complexity index is 923. The summed E-state index contributed by atoms with van der Waals surface area (Å²) >= 11 is 5.81. The van der Waals surface area contributed by atoms with E-state index in [0.717, 1.165) is 6.07 Å². The summed E-state index contributed by atoms with van der Waals surface area (Å²) in [5, 5.41) is 9.61. The monoisotopic (exact) mass is 337 g/mol. The zero-order chi connectivity index (χ0) is 16.1. The molecule has 0 aliphatic carbocycles. The molecule has 0 spiro atoms. The molecule has 22 heavy (non-hydrogen) atoms. The van der Waals surface area contributed by atoms with Crippen molar-refractivity contribution in [3.05, 3.63) is 68.7 Å². The van der Waals surface area contributed by atoms with Crippen molar-refractivity contribution < 1.29 is 18.1 Å². The van der Waals surface area contributed by atoms with E-state index in [-0.39, 0.29) is 26.7 Å². The van der Waals surface area contributed by atoms with E-state index in [1.54, 1.807) is 0 Å². The van der Waals surface area contributed by atoms with E-state index in [9.17, 15) is 23.3 Å². The second kappa shape index (κ2) is 4.89. The molecule has 0 radical (unpaired) electrons. The molecule has 112 valence electrons. The van der Waals surface area contributed by atoms with E-state index in [2.05, 4.69) is 0 Å². The maximum atomic E-state index is 12.6. The van der Waals surface area contributed by atoms with E-state index in [1.807, 2.05) is 0 Å². The van der Waals surface area contributed by atoms with Gasteiger partial charge >= 0.3 is 0 Å². The first-order valence-corrected chi connectivity index (χ1v) is 8.07. The van der Waals surface area contributed by atoms with Crippen molar-refractivity contribution in [2.75, 3.05) is 0 Å². The predicted octanol–water partition coefficient (Wildman–Crippen LogP) is 2.96. The number of halogens is 1. The Morgan fingerprint density at radius 2 is 1.86 bits per heavy atom. The average Bonchev–Trinajstić information content (AvgIpc) is 2.65. The molecule has 1 aliphatic heterocycles. The summed E-state index contributed by atoms with van der Waals surface area (Å²) in [6.45, 7) is 0. The topological polar surface area (TPSA) is 94.3 Å². The van der Waals surface area contributed by atoms with E-state index >= 15 is 0 Å². The zero-order valence-corrected chi connectivity index (χ0v) is 12.5. The second-order valence-corrected chi connectivity index (χ2v) is 7.22. The Morgan fingerprint density at radius 1 is 1.14 bits per heavy atom. The fraction of sp³-hybridized carbons (Fsp3) is 0.0714. The van der Waals surface area contributed by atoms with E-state index in [0.29, 0.717) is 0 Å². The van der Waals surface area contributed by atoms with Crippen molar-refractivity contribution >= 4 is 32.9 Å². The SMILES string of the molecule is O=C1c2cc(Cl)ccc2S(=O)(=O)[C@H]1c1cccc([N+](=O)[O-])c1. The van der Waals surface area contributed by atoms with Crippen molar-refractivity contribution in [3.8, 4) is 0 Å². The normalized spacial score (nSPS) is 19.0. The van der Waals surface area contributed by atoms with Gasteiger partial charge < -0.3 is 0 Å². The molecule has 2 aromatic carbocycles. The molecule has 0 N–H and O–H groups in total. The first kappa shape index (κ1) is 14.7.